The third-order valence-corrected chi connectivity index (χ3v) is 6.35. The number of phenols is 1. The number of aromatic hydroxyl groups is 1. The fourth-order valence-corrected chi connectivity index (χ4v) is 4.91. The van der Waals surface area contributed by atoms with E-state index in [2.05, 4.69) is 0 Å². The minimum atomic E-state index is -0.458. The quantitative estimate of drug-likeness (QED) is 0.683. The van der Waals surface area contributed by atoms with Crippen LogP contribution in [0.2, 0.25) is 5.02 Å². The molecule has 168 valence electrons. The largest absolute Gasteiger partial charge is 0.502 e. The molecule has 1 amide bonds. The van der Waals surface area contributed by atoms with Crippen LogP contribution >= 0.6 is 11.6 Å². The van der Waals surface area contributed by atoms with Crippen molar-refractivity contribution in [1.82, 2.24) is 0 Å². The third kappa shape index (κ3) is 3.84. The summed E-state index contributed by atoms with van der Waals surface area (Å²) in [6, 6.07) is 10.5. The number of hydrogen-bond acceptors (Lipinski definition) is 5. The van der Waals surface area contributed by atoms with E-state index in [1.807, 2.05) is 19.9 Å². The van der Waals surface area contributed by atoms with Crippen LogP contribution in [-0.4, -0.2) is 31.0 Å². The Morgan fingerprint density at radius 1 is 1.06 bits per heavy atom. The van der Waals surface area contributed by atoms with Gasteiger partial charge in [-0.2, -0.15) is 0 Å². The Kier molecular flexibility index (Phi) is 5.67. The van der Waals surface area contributed by atoms with Crippen molar-refractivity contribution in [2.45, 2.75) is 39.0 Å². The summed E-state index contributed by atoms with van der Waals surface area (Å²) in [5, 5.41) is 10.8. The Morgan fingerprint density at radius 2 is 1.72 bits per heavy atom. The minimum absolute atomic E-state index is 0.0202. The highest BCUT2D eigenvalue weighted by atomic mass is 35.5. The number of benzene rings is 2. The van der Waals surface area contributed by atoms with Crippen LogP contribution in [-0.2, 0) is 9.59 Å². The normalized spacial score (nSPS) is 20.3. The van der Waals surface area contributed by atoms with Crippen molar-refractivity contribution in [2.24, 2.45) is 5.41 Å². The number of ketones is 1. The van der Waals surface area contributed by atoms with Gasteiger partial charge in [-0.05, 0) is 47.7 Å². The molecule has 0 aromatic heterocycles. The van der Waals surface area contributed by atoms with Crippen molar-refractivity contribution < 1.29 is 24.2 Å². The average molecular weight is 456 g/mol. The van der Waals surface area contributed by atoms with Crippen LogP contribution in [0.1, 0.15) is 44.6 Å². The SMILES string of the molecule is COc1cc(C2CC(=O)N(c3cccc(Cl)c3)C3=C2C(=O)CC(C)(C)C3)cc(OC)c1O. The van der Waals surface area contributed by atoms with Crippen molar-refractivity contribution in [1.29, 1.82) is 0 Å². The molecular formula is C25H26ClNO5. The maximum atomic E-state index is 13.5. The van der Waals surface area contributed by atoms with Gasteiger partial charge >= 0.3 is 0 Å². The van der Waals surface area contributed by atoms with Crippen LogP contribution in [0, 0.1) is 5.41 Å². The topological polar surface area (TPSA) is 76.1 Å². The number of anilines is 1. The Hall–Kier alpha value is -2.99. The highest BCUT2D eigenvalue weighted by molar-refractivity contribution is 6.31. The van der Waals surface area contributed by atoms with E-state index < -0.39 is 5.92 Å². The standard InChI is InChI=1S/C25H26ClNO5/c1-25(2)12-18-23(19(28)13-25)17(14-8-20(31-3)24(30)21(9-14)32-4)11-22(29)27(18)16-7-5-6-15(26)10-16/h5-10,17,30H,11-13H2,1-4H3. The van der Waals surface area contributed by atoms with E-state index in [1.165, 1.54) is 14.2 Å². The second-order valence-electron chi connectivity index (χ2n) is 9.04. The number of nitrogens with zero attached hydrogens (tertiary/aromatic N) is 1. The second-order valence-corrected chi connectivity index (χ2v) is 9.48. The lowest BCUT2D eigenvalue weighted by molar-refractivity contribution is -0.121. The molecule has 0 saturated heterocycles. The van der Waals surface area contributed by atoms with E-state index in [4.69, 9.17) is 21.1 Å². The molecule has 2 aromatic rings. The number of hydrogen-bond donors (Lipinski definition) is 1. The lowest BCUT2D eigenvalue weighted by Gasteiger charge is -2.43. The molecule has 1 aliphatic carbocycles. The summed E-state index contributed by atoms with van der Waals surface area (Å²) < 4.78 is 10.6. The highest BCUT2D eigenvalue weighted by Crippen LogP contribution is 2.50. The number of ether oxygens (including phenoxy) is 2. The van der Waals surface area contributed by atoms with Gasteiger partial charge in [-0.3, -0.25) is 14.5 Å². The van der Waals surface area contributed by atoms with Crippen molar-refractivity contribution >= 4 is 29.0 Å². The molecule has 7 heteroatoms. The van der Waals surface area contributed by atoms with E-state index in [-0.39, 0.29) is 40.8 Å². The number of carbonyl (C=O) groups excluding carboxylic acids is 2. The van der Waals surface area contributed by atoms with Crippen LogP contribution in [0.4, 0.5) is 5.69 Å². The molecule has 1 N–H and O–H groups in total. The van der Waals surface area contributed by atoms with Gasteiger partial charge in [-0.15, -0.1) is 0 Å². The van der Waals surface area contributed by atoms with Gasteiger partial charge in [0.05, 0.1) is 19.9 Å². The Bertz CT molecular complexity index is 1110. The molecule has 4 rings (SSSR count). The lowest BCUT2D eigenvalue weighted by atomic mass is 9.69. The summed E-state index contributed by atoms with van der Waals surface area (Å²) in [5.74, 6) is -0.212. The summed E-state index contributed by atoms with van der Waals surface area (Å²) in [6.07, 6.45) is 1.08. The Labute approximate surface area is 192 Å². The molecule has 0 saturated carbocycles. The van der Waals surface area contributed by atoms with E-state index in [0.717, 1.165) is 0 Å². The molecule has 1 heterocycles. The van der Waals surface area contributed by atoms with Crippen molar-refractivity contribution in [3.63, 3.8) is 0 Å². The predicted octanol–water partition coefficient (Wildman–Crippen LogP) is 5.23. The van der Waals surface area contributed by atoms with Gasteiger partial charge in [0.2, 0.25) is 11.7 Å². The summed E-state index contributed by atoms with van der Waals surface area (Å²) in [5.41, 5.74) is 2.40. The molecule has 1 atom stereocenters. The first-order chi connectivity index (χ1) is 15.1. The van der Waals surface area contributed by atoms with Crippen molar-refractivity contribution in [3.05, 3.63) is 58.3 Å². The molecule has 0 spiro atoms. The number of amides is 1. The number of rotatable bonds is 4. The number of carbonyl (C=O) groups is 2. The van der Waals surface area contributed by atoms with Crippen LogP contribution in [0.25, 0.3) is 0 Å². The second kappa shape index (κ2) is 8.17. The van der Waals surface area contributed by atoms with Gasteiger partial charge in [0.1, 0.15) is 0 Å². The van der Waals surface area contributed by atoms with E-state index >= 15 is 0 Å². The Morgan fingerprint density at radius 3 is 2.31 bits per heavy atom. The van der Waals surface area contributed by atoms with E-state index in [1.54, 1.807) is 35.2 Å². The van der Waals surface area contributed by atoms with Crippen LogP contribution in [0.5, 0.6) is 17.2 Å². The molecule has 32 heavy (non-hydrogen) atoms. The molecule has 0 bridgehead atoms. The first-order valence-corrected chi connectivity index (χ1v) is 10.8. The molecule has 0 radical (unpaired) electrons. The summed E-state index contributed by atoms with van der Waals surface area (Å²) >= 11 is 6.21. The zero-order valence-electron chi connectivity index (χ0n) is 18.6. The van der Waals surface area contributed by atoms with Crippen molar-refractivity contribution in [3.8, 4) is 17.2 Å². The monoisotopic (exact) mass is 455 g/mol. The van der Waals surface area contributed by atoms with E-state index in [0.29, 0.717) is 40.4 Å². The molecule has 1 aliphatic heterocycles. The molecule has 1 unspecified atom stereocenters. The number of phenolic OH excluding ortho intramolecular Hbond substituents is 1. The first kappa shape index (κ1) is 22.2. The van der Waals surface area contributed by atoms with Crippen molar-refractivity contribution in [2.75, 3.05) is 19.1 Å². The fraction of sp³-hybridized carbons (Fsp3) is 0.360. The number of methoxy groups -OCH3 is 2. The summed E-state index contributed by atoms with van der Waals surface area (Å²) in [7, 11) is 2.90. The molecular weight excluding hydrogens is 430 g/mol. The lowest BCUT2D eigenvalue weighted by Crippen LogP contribution is -2.43. The third-order valence-electron chi connectivity index (χ3n) is 6.11. The van der Waals surface area contributed by atoms with Gasteiger partial charge < -0.3 is 14.6 Å². The molecule has 6 nitrogen and oxygen atoms in total. The zero-order valence-corrected chi connectivity index (χ0v) is 19.3. The Balaban J connectivity index is 1.93. The predicted molar refractivity (Wildman–Crippen MR) is 123 cm³/mol. The smallest absolute Gasteiger partial charge is 0.232 e. The molecule has 2 aromatic carbocycles. The number of halogens is 1. The van der Waals surface area contributed by atoms with Gasteiger partial charge in [-0.25, -0.2) is 0 Å². The van der Waals surface area contributed by atoms with Gasteiger partial charge in [0.25, 0.3) is 0 Å². The highest BCUT2D eigenvalue weighted by Gasteiger charge is 2.44. The maximum Gasteiger partial charge on any atom is 0.232 e. The molecule has 2 aliphatic rings. The number of allylic oxidation sites excluding steroid dienone is 2. The first-order valence-electron chi connectivity index (χ1n) is 10.4. The minimum Gasteiger partial charge on any atom is -0.502 e. The van der Waals surface area contributed by atoms with Gasteiger partial charge in [-0.1, -0.05) is 31.5 Å². The number of Topliss-reactive ketones (excluding diaryl/α,β-unsaturated/α-hetero) is 1. The van der Waals surface area contributed by atoms with Gasteiger partial charge in [0.15, 0.2) is 17.3 Å². The van der Waals surface area contributed by atoms with Gasteiger partial charge in [0, 0.05) is 35.1 Å². The zero-order chi connectivity index (χ0) is 23.2. The van der Waals surface area contributed by atoms with E-state index in [9.17, 15) is 14.7 Å². The fourth-order valence-electron chi connectivity index (χ4n) is 4.73. The average Bonchev–Trinajstić information content (AvgIpc) is 2.72. The van der Waals surface area contributed by atoms with Crippen LogP contribution in [0.15, 0.2) is 47.7 Å². The summed E-state index contributed by atoms with van der Waals surface area (Å²) in [6.45, 7) is 4.07. The molecule has 0 fully saturated rings. The van der Waals surface area contributed by atoms with Crippen LogP contribution < -0.4 is 14.4 Å². The maximum absolute atomic E-state index is 13.5. The van der Waals surface area contributed by atoms with Crippen LogP contribution in [0.3, 0.4) is 0 Å². The summed E-state index contributed by atoms with van der Waals surface area (Å²) in [4.78, 5) is 28.5.